The molecule has 4 nitrogen and oxygen atoms in total. The van der Waals surface area contributed by atoms with Crippen LogP contribution < -0.4 is 0 Å². The Balaban J connectivity index is 2.93. The van der Waals surface area contributed by atoms with Crippen molar-refractivity contribution in [3.8, 4) is 6.07 Å². The SMILES string of the molecule is Cc1c(C(=O)O)c2cc(C#N)ccc2n1C. The van der Waals surface area contributed by atoms with Crippen molar-refractivity contribution in [2.45, 2.75) is 6.92 Å². The van der Waals surface area contributed by atoms with Crippen LogP contribution >= 0.6 is 0 Å². The van der Waals surface area contributed by atoms with Gasteiger partial charge in [0, 0.05) is 23.6 Å². The Labute approximate surface area is 92.3 Å². The highest BCUT2D eigenvalue weighted by Gasteiger charge is 2.17. The number of aromatic carboxylic acids is 1. The standard InChI is InChI=1S/C12H10N2O2/c1-7-11(12(15)16)9-5-8(6-13)3-4-10(9)14(7)2/h3-5H,1-2H3,(H,15,16). The molecule has 0 atom stereocenters. The molecule has 2 rings (SSSR count). The van der Waals surface area contributed by atoms with Crippen molar-refractivity contribution >= 4 is 16.9 Å². The Morgan fingerprint density at radius 2 is 2.19 bits per heavy atom. The number of rotatable bonds is 1. The number of hydrogen-bond donors (Lipinski definition) is 1. The van der Waals surface area contributed by atoms with E-state index in [2.05, 4.69) is 0 Å². The Hall–Kier alpha value is -2.28. The van der Waals surface area contributed by atoms with Crippen LogP contribution in [0, 0.1) is 18.3 Å². The molecule has 1 aromatic heterocycles. The van der Waals surface area contributed by atoms with Crippen LogP contribution in [0.3, 0.4) is 0 Å². The number of carboxylic acids is 1. The highest BCUT2D eigenvalue weighted by molar-refractivity contribution is 6.05. The molecule has 0 aliphatic heterocycles. The van der Waals surface area contributed by atoms with Gasteiger partial charge < -0.3 is 9.67 Å². The lowest BCUT2D eigenvalue weighted by atomic mass is 10.1. The average Bonchev–Trinajstić information content (AvgIpc) is 2.51. The minimum absolute atomic E-state index is 0.273. The van der Waals surface area contributed by atoms with Gasteiger partial charge in [0.25, 0.3) is 0 Å². The minimum Gasteiger partial charge on any atom is -0.478 e. The molecule has 0 saturated heterocycles. The largest absolute Gasteiger partial charge is 0.478 e. The number of aryl methyl sites for hydroxylation is 1. The Morgan fingerprint density at radius 1 is 1.50 bits per heavy atom. The van der Waals surface area contributed by atoms with Crippen molar-refractivity contribution in [2.75, 3.05) is 0 Å². The zero-order valence-corrected chi connectivity index (χ0v) is 8.98. The molecule has 0 aliphatic carbocycles. The van der Waals surface area contributed by atoms with E-state index in [1.165, 1.54) is 0 Å². The van der Waals surface area contributed by atoms with E-state index in [0.717, 1.165) is 5.52 Å². The van der Waals surface area contributed by atoms with Crippen molar-refractivity contribution in [3.05, 3.63) is 35.0 Å². The van der Waals surface area contributed by atoms with Gasteiger partial charge in [-0.05, 0) is 25.1 Å². The summed E-state index contributed by atoms with van der Waals surface area (Å²) >= 11 is 0. The molecule has 1 heterocycles. The molecular formula is C12H10N2O2. The van der Waals surface area contributed by atoms with E-state index < -0.39 is 5.97 Å². The maximum atomic E-state index is 11.2. The molecule has 4 heteroatoms. The van der Waals surface area contributed by atoms with E-state index in [0.29, 0.717) is 16.6 Å². The van der Waals surface area contributed by atoms with Gasteiger partial charge in [0.05, 0.1) is 17.2 Å². The van der Waals surface area contributed by atoms with Crippen LogP contribution in [0.25, 0.3) is 10.9 Å². The molecule has 1 aromatic carbocycles. The summed E-state index contributed by atoms with van der Waals surface area (Å²) in [5, 5.41) is 18.6. The molecular weight excluding hydrogens is 204 g/mol. The molecule has 0 amide bonds. The lowest BCUT2D eigenvalue weighted by molar-refractivity contribution is 0.0698. The molecule has 16 heavy (non-hydrogen) atoms. The summed E-state index contributed by atoms with van der Waals surface area (Å²) in [5.41, 5.74) is 2.27. The van der Waals surface area contributed by atoms with Crippen LogP contribution in [0.5, 0.6) is 0 Å². The first-order chi connectivity index (χ1) is 7.56. The first-order valence-electron chi connectivity index (χ1n) is 4.78. The zero-order valence-electron chi connectivity index (χ0n) is 8.98. The molecule has 80 valence electrons. The van der Waals surface area contributed by atoms with Crippen LogP contribution in [-0.4, -0.2) is 15.6 Å². The lowest BCUT2D eigenvalue weighted by Crippen LogP contribution is -1.99. The maximum absolute atomic E-state index is 11.2. The summed E-state index contributed by atoms with van der Waals surface area (Å²) in [4.78, 5) is 11.2. The summed E-state index contributed by atoms with van der Waals surface area (Å²) in [7, 11) is 1.82. The Morgan fingerprint density at radius 3 is 2.75 bits per heavy atom. The third-order valence-electron chi connectivity index (χ3n) is 2.84. The molecule has 0 unspecified atom stereocenters. The second kappa shape index (κ2) is 3.38. The van der Waals surface area contributed by atoms with E-state index in [-0.39, 0.29) is 5.56 Å². The van der Waals surface area contributed by atoms with Crippen LogP contribution in [-0.2, 0) is 7.05 Å². The first-order valence-corrected chi connectivity index (χ1v) is 4.78. The topological polar surface area (TPSA) is 66.0 Å². The van der Waals surface area contributed by atoms with E-state index in [4.69, 9.17) is 10.4 Å². The predicted octanol–water partition coefficient (Wildman–Crippen LogP) is 2.06. The average molecular weight is 214 g/mol. The quantitative estimate of drug-likeness (QED) is 0.790. The van der Waals surface area contributed by atoms with E-state index >= 15 is 0 Å². The van der Waals surface area contributed by atoms with Crippen molar-refractivity contribution in [1.82, 2.24) is 4.57 Å². The van der Waals surface area contributed by atoms with E-state index in [9.17, 15) is 4.79 Å². The number of nitriles is 1. The summed E-state index contributed by atoms with van der Waals surface area (Å²) in [6.07, 6.45) is 0. The molecule has 0 spiro atoms. The molecule has 0 radical (unpaired) electrons. The van der Waals surface area contributed by atoms with Gasteiger partial charge in [-0.1, -0.05) is 0 Å². The van der Waals surface area contributed by atoms with Crippen LogP contribution in [0.4, 0.5) is 0 Å². The second-order valence-electron chi connectivity index (χ2n) is 3.67. The van der Waals surface area contributed by atoms with Crippen LogP contribution in [0.2, 0.25) is 0 Å². The molecule has 0 saturated carbocycles. The van der Waals surface area contributed by atoms with Gasteiger partial charge in [0.1, 0.15) is 0 Å². The maximum Gasteiger partial charge on any atom is 0.338 e. The first kappa shape index (κ1) is 10.2. The third-order valence-corrected chi connectivity index (χ3v) is 2.84. The zero-order chi connectivity index (χ0) is 11.9. The Kier molecular flexibility index (Phi) is 2.17. The van der Waals surface area contributed by atoms with Crippen molar-refractivity contribution in [2.24, 2.45) is 7.05 Å². The number of nitrogens with zero attached hydrogens (tertiary/aromatic N) is 2. The summed E-state index contributed by atoms with van der Waals surface area (Å²) in [5.74, 6) is -0.960. The summed E-state index contributed by atoms with van der Waals surface area (Å²) in [6, 6.07) is 7.09. The molecule has 1 N–H and O–H groups in total. The van der Waals surface area contributed by atoms with Gasteiger partial charge in [-0.3, -0.25) is 0 Å². The number of hydrogen-bond acceptors (Lipinski definition) is 2. The number of carboxylic acid groups (broad SMARTS) is 1. The van der Waals surface area contributed by atoms with Gasteiger partial charge in [0.15, 0.2) is 0 Å². The highest BCUT2D eigenvalue weighted by Crippen LogP contribution is 2.25. The van der Waals surface area contributed by atoms with E-state index in [1.807, 2.05) is 17.7 Å². The Bertz CT molecular complexity index is 632. The second-order valence-corrected chi connectivity index (χ2v) is 3.67. The highest BCUT2D eigenvalue weighted by atomic mass is 16.4. The fourth-order valence-electron chi connectivity index (χ4n) is 1.91. The van der Waals surface area contributed by atoms with Crippen molar-refractivity contribution in [1.29, 1.82) is 5.26 Å². The molecule has 0 aliphatic rings. The number of carbonyl (C=O) groups is 1. The predicted molar refractivity (Wildman–Crippen MR) is 59.3 cm³/mol. The van der Waals surface area contributed by atoms with E-state index in [1.54, 1.807) is 25.1 Å². The summed E-state index contributed by atoms with van der Waals surface area (Å²) in [6.45, 7) is 1.76. The summed E-state index contributed by atoms with van der Waals surface area (Å²) < 4.78 is 1.82. The van der Waals surface area contributed by atoms with Gasteiger partial charge in [0.2, 0.25) is 0 Å². The fourth-order valence-corrected chi connectivity index (χ4v) is 1.91. The molecule has 0 bridgehead atoms. The van der Waals surface area contributed by atoms with Crippen molar-refractivity contribution in [3.63, 3.8) is 0 Å². The normalized spacial score (nSPS) is 10.3. The van der Waals surface area contributed by atoms with Gasteiger partial charge >= 0.3 is 5.97 Å². The third kappa shape index (κ3) is 1.26. The van der Waals surface area contributed by atoms with Crippen LogP contribution in [0.15, 0.2) is 18.2 Å². The molecule has 0 fully saturated rings. The van der Waals surface area contributed by atoms with Gasteiger partial charge in [-0.15, -0.1) is 0 Å². The van der Waals surface area contributed by atoms with Gasteiger partial charge in [-0.25, -0.2) is 4.79 Å². The van der Waals surface area contributed by atoms with Gasteiger partial charge in [-0.2, -0.15) is 5.26 Å². The lowest BCUT2D eigenvalue weighted by Gasteiger charge is -1.97. The monoisotopic (exact) mass is 214 g/mol. The van der Waals surface area contributed by atoms with Crippen molar-refractivity contribution < 1.29 is 9.90 Å². The van der Waals surface area contributed by atoms with Crippen LogP contribution in [0.1, 0.15) is 21.6 Å². The smallest absolute Gasteiger partial charge is 0.338 e. The number of benzene rings is 1. The number of aromatic nitrogens is 1. The minimum atomic E-state index is -0.960. The fraction of sp³-hybridized carbons (Fsp3) is 0.167. The molecule has 2 aromatic rings. The number of fused-ring (bicyclic) bond motifs is 1.